The van der Waals surface area contributed by atoms with Crippen LogP contribution in [0.25, 0.3) is 11.1 Å². The number of ether oxygens (including phenoxy) is 1. The summed E-state index contributed by atoms with van der Waals surface area (Å²) in [7, 11) is 0. The number of benzene rings is 3. The topological polar surface area (TPSA) is 46.5 Å². The van der Waals surface area contributed by atoms with Crippen LogP contribution < -0.4 is 4.74 Å². The Morgan fingerprint density at radius 3 is 2.17 bits per heavy atom. The Labute approximate surface area is 134 Å². The minimum atomic E-state index is -0.926. The SMILES string of the molecule is O=C(O)c1ccccc1-c1ccc(OCc2ccccc2)cc1. The van der Waals surface area contributed by atoms with E-state index in [-0.39, 0.29) is 0 Å². The summed E-state index contributed by atoms with van der Waals surface area (Å²) in [5, 5.41) is 9.27. The monoisotopic (exact) mass is 304 g/mol. The number of aromatic carboxylic acids is 1. The average molecular weight is 304 g/mol. The number of carbonyl (C=O) groups is 1. The first-order chi connectivity index (χ1) is 11.2. The highest BCUT2D eigenvalue weighted by atomic mass is 16.5. The molecule has 0 unspecified atom stereocenters. The van der Waals surface area contributed by atoms with E-state index in [9.17, 15) is 9.90 Å². The lowest BCUT2D eigenvalue weighted by atomic mass is 10.00. The van der Waals surface area contributed by atoms with E-state index in [0.717, 1.165) is 16.9 Å². The lowest BCUT2D eigenvalue weighted by molar-refractivity contribution is 0.0697. The number of hydrogen-bond acceptors (Lipinski definition) is 2. The Morgan fingerprint density at radius 2 is 1.48 bits per heavy atom. The lowest BCUT2D eigenvalue weighted by Gasteiger charge is -2.09. The molecule has 0 atom stereocenters. The molecule has 0 radical (unpaired) electrons. The zero-order valence-corrected chi connectivity index (χ0v) is 12.5. The summed E-state index contributed by atoms with van der Waals surface area (Å²) >= 11 is 0. The molecule has 0 amide bonds. The van der Waals surface area contributed by atoms with Crippen LogP contribution in [0.4, 0.5) is 0 Å². The van der Waals surface area contributed by atoms with Crippen LogP contribution in [0, 0.1) is 0 Å². The van der Waals surface area contributed by atoms with Gasteiger partial charge in [-0.25, -0.2) is 4.79 Å². The molecule has 0 aliphatic carbocycles. The molecule has 0 heterocycles. The van der Waals surface area contributed by atoms with E-state index in [0.29, 0.717) is 17.7 Å². The maximum Gasteiger partial charge on any atom is 0.336 e. The summed E-state index contributed by atoms with van der Waals surface area (Å²) in [6.07, 6.45) is 0. The molecule has 0 saturated carbocycles. The molecule has 3 aromatic carbocycles. The van der Waals surface area contributed by atoms with Gasteiger partial charge in [-0.15, -0.1) is 0 Å². The molecule has 23 heavy (non-hydrogen) atoms. The number of carboxylic acids is 1. The molecular weight excluding hydrogens is 288 g/mol. The van der Waals surface area contributed by atoms with Crippen molar-refractivity contribution >= 4 is 5.97 Å². The zero-order valence-electron chi connectivity index (χ0n) is 12.5. The van der Waals surface area contributed by atoms with Gasteiger partial charge in [-0.3, -0.25) is 0 Å². The van der Waals surface area contributed by atoms with Gasteiger partial charge in [0, 0.05) is 0 Å². The van der Waals surface area contributed by atoms with Crippen molar-refractivity contribution in [1.82, 2.24) is 0 Å². The summed E-state index contributed by atoms with van der Waals surface area (Å²) in [5.41, 5.74) is 2.96. The minimum absolute atomic E-state index is 0.297. The van der Waals surface area contributed by atoms with E-state index in [4.69, 9.17) is 4.74 Å². The first-order valence-electron chi connectivity index (χ1n) is 7.33. The van der Waals surface area contributed by atoms with E-state index in [1.54, 1.807) is 12.1 Å². The zero-order chi connectivity index (χ0) is 16.1. The second kappa shape index (κ2) is 6.79. The van der Waals surface area contributed by atoms with Gasteiger partial charge < -0.3 is 9.84 Å². The highest BCUT2D eigenvalue weighted by Gasteiger charge is 2.10. The van der Waals surface area contributed by atoms with Crippen LogP contribution in [0.15, 0.2) is 78.9 Å². The van der Waals surface area contributed by atoms with Crippen LogP contribution in [-0.2, 0) is 6.61 Å². The summed E-state index contributed by atoms with van der Waals surface area (Å²) in [5.74, 6) is -0.171. The van der Waals surface area contributed by atoms with Crippen LogP contribution in [0.5, 0.6) is 5.75 Å². The molecule has 3 aromatic rings. The third-order valence-corrected chi connectivity index (χ3v) is 3.57. The van der Waals surface area contributed by atoms with E-state index in [1.807, 2.05) is 66.7 Å². The highest BCUT2D eigenvalue weighted by molar-refractivity contribution is 5.96. The fraction of sp³-hybridized carbons (Fsp3) is 0.0500. The number of rotatable bonds is 5. The van der Waals surface area contributed by atoms with E-state index in [1.165, 1.54) is 0 Å². The standard InChI is InChI=1S/C20H16O3/c21-20(22)19-9-5-4-8-18(19)16-10-12-17(13-11-16)23-14-15-6-2-1-3-7-15/h1-13H,14H2,(H,21,22). The van der Waals surface area contributed by atoms with Crippen LogP contribution >= 0.6 is 0 Å². The quantitative estimate of drug-likeness (QED) is 0.747. The van der Waals surface area contributed by atoms with Gasteiger partial charge in [0.2, 0.25) is 0 Å². The second-order valence-electron chi connectivity index (χ2n) is 5.15. The van der Waals surface area contributed by atoms with Crippen LogP contribution in [0.1, 0.15) is 15.9 Å². The lowest BCUT2D eigenvalue weighted by Crippen LogP contribution is -1.99. The first kappa shape index (κ1) is 14.9. The number of carboxylic acid groups (broad SMARTS) is 1. The van der Waals surface area contributed by atoms with Crippen LogP contribution in [0.3, 0.4) is 0 Å². The molecule has 3 rings (SSSR count). The smallest absolute Gasteiger partial charge is 0.336 e. The van der Waals surface area contributed by atoms with E-state index >= 15 is 0 Å². The summed E-state index contributed by atoms with van der Waals surface area (Å²) in [4.78, 5) is 11.3. The normalized spacial score (nSPS) is 10.3. The fourth-order valence-electron chi connectivity index (χ4n) is 2.39. The molecular formula is C20H16O3. The van der Waals surface area contributed by atoms with Gasteiger partial charge in [0.05, 0.1) is 5.56 Å². The van der Waals surface area contributed by atoms with Gasteiger partial charge >= 0.3 is 5.97 Å². The molecule has 0 aliphatic heterocycles. The van der Waals surface area contributed by atoms with Crippen molar-refractivity contribution in [3.63, 3.8) is 0 Å². The highest BCUT2D eigenvalue weighted by Crippen LogP contribution is 2.26. The predicted octanol–water partition coefficient (Wildman–Crippen LogP) is 4.63. The minimum Gasteiger partial charge on any atom is -0.489 e. The van der Waals surface area contributed by atoms with Crippen LogP contribution in [0.2, 0.25) is 0 Å². The fourth-order valence-corrected chi connectivity index (χ4v) is 2.39. The molecule has 3 nitrogen and oxygen atoms in total. The molecule has 0 spiro atoms. The van der Waals surface area contributed by atoms with Gasteiger partial charge in [0.1, 0.15) is 12.4 Å². The van der Waals surface area contributed by atoms with E-state index < -0.39 is 5.97 Å². The largest absolute Gasteiger partial charge is 0.489 e. The van der Waals surface area contributed by atoms with Gasteiger partial charge in [0.25, 0.3) is 0 Å². The maximum absolute atomic E-state index is 11.3. The summed E-state index contributed by atoms with van der Waals surface area (Å²) < 4.78 is 5.74. The van der Waals surface area contributed by atoms with Crippen molar-refractivity contribution < 1.29 is 14.6 Å². The van der Waals surface area contributed by atoms with E-state index in [2.05, 4.69) is 0 Å². The molecule has 3 heteroatoms. The van der Waals surface area contributed by atoms with Crippen molar-refractivity contribution in [2.45, 2.75) is 6.61 Å². The van der Waals surface area contributed by atoms with Gasteiger partial charge in [-0.05, 0) is 34.9 Å². The first-order valence-corrected chi connectivity index (χ1v) is 7.33. The second-order valence-corrected chi connectivity index (χ2v) is 5.15. The van der Waals surface area contributed by atoms with Crippen molar-refractivity contribution in [1.29, 1.82) is 0 Å². The molecule has 0 fully saturated rings. The Bertz CT molecular complexity index is 793. The van der Waals surface area contributed by atoms with Gasteiger partial charge in [-0.2, -0.15) is 0 Å². The number of hydrogen-bond donors (Lipinski definition) is 1. The maximum atomic E-state index is 11.3. The van der Waals surface area contributed by atoms with Gasteiger partial charge in [-0.1, -0.05) is 60.7 Å². The Balaban J connectivity index is 1.76. The Morgan fingerprint density at radius 1 is 0.826 bits per heavy atom. The summed E-state index contributed by atoms with van der Waals surface area (Å²) in [6, 6.07) is 24.4. The molecule has 114 valence electrons. The van der Waals surface area contributed by atoms with Crippen molar-refractivity contribution in [3.8, 4) is 16.9 Å². The molecule has 0 aromatic heterocycles. The Hall–Kier alpha value is -3.07. The molecule has 0 saturated heterocycles. The van der Waals surface area contributed by atoms with Crippen molar-refractivity contribution in [2.24, 2.45) is 0 Å². The van der Waals surface area contributed by atoms with Crippen molar-refractivity contribution in [3.05, 3.63) is 90.0 Å². The molecule has 0 aliphatic rings. The van der Waals surface area contributed by atoms with Crippen molar-refractivity contribution in [2.75, 3.05) is 0 Å². The third-order valence-electron chi connectivity index (χ3n) is 3.57. The average Bonchev–Trinajstić information content (AvgIpc) is 2.61. The molecule has 0 bridgehead atoms. The predicted molar refractivity (Wildman–Crippen MR) is 89.6 cm³/mol. The van der Waals surface area contributed by atoms with Gasteiger partial charge in [0.15, 0.2) is 0 Å². The van der Waals surface area contributed by atoms with Crippen LogP contribution in [-0.4, -0.2) is 11.1 Å². The summed E-state index contributed by atoms with van der Waals surface area (Å²) in [6.45, 7) is 0.506. The Kier molecular flexibility index (Phi) is 4.39. The third kappa shape index (κ3) is 3.58. The molecule has 1 N–H and O–H groups in total.